The molecule has 4 rings (SSSR count). The Kier molecular flexibility index (Phi) is 6.11. The van der Waals surface area contributed by atoms with E-state index in [0.29, 0.717) is 17.1 Å². The van der Waals surface area contributed by atoms with Gasteiger partial charge in [0, 0.05) is 16.1 Å². The van der Waals surface area contributed by atoms with Gasteiger partial charge in [0.2, 0.25) is 5.89 Å². The van der Waals surface area contributed by atoms with E-state index in [-0.39, 0.29) is 16.5 Å². The van der Waals surface area contributed by atoms with E-state index >= 15 is 0 Å². The monoisotopic (exact) mass is 472 g/mol. The molecule has 1 amide bonds. The normalized spacial score (nSPS) is 11.3. The second-order valence-corrected chi connectivity index (χ2v) is 7.38. The highest BCUT2D eigenvalue weighted by atomic mass is 35.5. The van der Waals surface area contributed by atoms with Crippen LogP contribution in [0.5, 0.6) is 5.75 Å². The summed E-state index contributed by atoms with van der Waals surface area (Å²) < 4.78 is 51.2. The zero-order chi connectivity index (χ0) is 23.6. The van der Waals surface area contributed by atoms with E-state index in [9.17, 15) is 18.0 Å². The fourth-order valence-corrected chi connectivity index (χ4v) is 3.38. The number of amides is 1. The Morgan fingerprint density at radius 3 is 2.48 bits per heavy atom. The molecule has 0 saturated heterocycles. The van der Waals surface area contributed by atoms with Crippen LogP contribution in [0.1, 0.15) is 15.9 Å². The van der Waals surface area contributed by atoms with Crippen molar-refractivity contribution in [2.45, 2.75) is 6.18 Å². The number of anilines is 1. The summed E-state index contributed by atoms with van der Waals surface area (Å²) in [5.41, 5.74) is -0.273. The summed E-state index contributed by atoms with van der Waals surface area (Å²) in [4.78, 5) is 17.2. The molecule has 0 radical (unpaired) electrons. The molecule has 1 aromatic heterocycles. The van der Waals surface area contributed by atoms with Gasteiger partial charge in [-0.3, -0.25) is 4.79 Å². The lowest BCUT2D eigenvalue weighted by atomic mass is 10.1. The van der Waals surface area contributed by atoms with Crippen molar-refractivity contribution in [1.82, 2.24) is 4.98 Å². The summed E-state index contributed by atoms with van der Waals surface area (Å²) in [6.07, 6.45) is -3.18. The first-order valence-electron chi connectivity index (χ1n) is 9.64. The van der Waals surface area contributed by atoms with Crippen LogP contribution >= 0.6 is 11.6 Å². The predicted molar refractivity (Wildman–Crippen MR) is 118 cm³/mol. The zero-order valence-electron chi connectivity index (χ0n) is 17.1. The number of alkyl halides is 3. The summed E-state index contributed by atoms with van der Waals surface area (Å²) in [7, 11) is 1.56. The van der Waals surface area contributed by atoms with Crippen molar-refractivity contribution in [3.63, 3.8) is 0 Å². The molecule has 0 aliphatic carbocycles. The van der Waals surface area contributed by atoms with Gasteiger partial charge in [-0.25, -0.2) is 4.98 Å². The van der Waals surface area contributed by atoms with Gasteiger partial charge in [-0.05, 0) is 54.6 Å². The molecular weight excluding hydrogens is 457 g/mol. The van der Waals surface area contributed by atoms with Crippen LogP contribution in [0, 0.1) is 0 Å². The number of nitrogens with one attached hydrogen (secondary N) is 1. The van der Waals surface area contributed by atoms with Crippen molar-refractivity contribution in [2.75, 3.05) is 12.4 Å². The molecule has 0 aliphatic rings. The Balaban J connectivity index is 1.65. The number of benzene rings is 3. The number of carbonyl (C=O) groups excluding carboxylic acids is 1. The Labute approximate surface area is 191 Å². The second kappa shape index (κ2) is 8.99. The number of aromatic nitrogens is 1. The van der Waals surface area contributed by atoms with Gasteiger partial charge in [0.05, 0.1) is 30.1 Å². The molecule has 33 heavy (non-hydrogen) atoms. The molecule has 1 N–H and O–H groups in total. The zero-order valence-corrected chi connectivity index (χ0v) is 17.9. The third-order valence-electron chi connectivity index (χ3n) is 4.82. The summed E-state index contributed by atoms with van der Waals surface area (Å²) >= 11 is 5.71. The number of halogens is 4. The van der Waals surface area contributed by atoms with Crippen LogP contribution in [0.3, 0.4) is 0 Å². The molecule has 1 heterocycles. The molecule has 0 unspecified atom stereocenters. The standard InChI is InChI=1S/C24H16ClF3N2O3/c1-32-16-9-6-14(7-10-16)21-13-29-23(33-21)18-5-3-2-4-17(18)22(31)30-20-11-8-15(25)12-19(20)24(26,27)28/h2-13H,1H3,(H,30,31). The first kappa shape index (κ1) is 22.4. The summed E-state index contributed by atoms with van der Waals surface area (Å²) in [6, 6.07) is 16.6. The first-order chi connectivity index (χ1) is 15.8. The summed E-state index contributed by atoms with van der Waals surface area (Å²) in [5.74, 6) is 0.544. The molecule has 0 saturated carbocycles. The van der Waals surface area contributed by atoms with Crippen molar-refractivity contribution in [3.8, 4) is 28.5 Å². The minimum Gasteiger partial charge on any atom is -0.497 e. The molecule has 5 nitrogen and oxygen atoms in total. The number of rotatable bonds is 5. The highest BCUT2D eigenvalue weighted by Gasteiger charge is 2.34. The quantitative estimate of drug-likeness (QED) is 0.341. The van der Waals surface area contributed by atoms with E-state index in [1.165, 1.54) is 18.3 Å². The maximum absolute atomic E-state index is 13.4. The molecule has 0 aliphatic heterocycles. The summed E-state index contributed by atoms with van der Waals surface area (Å²) in [6.45, 7) is 0. The van der Waals surface area contributed by atoms with Crippen LogP contribution in [0.2, 0.25) is 5.02 Å². The lowest BCUT2D eigenvalue weighted by Crippen LogP contribution is -2.17. The SMILES string of the molecule is COc1ccc(-c2cnc(-c3ccccc3C(=O)Nc3ccc(Cl)cc3C(F)(F)F)o2)cc1. The van der Waals surface area contributed by atoms with E-state index in [2.05, 4.69) is 10.3 Å². The minimum atomic E-state index is -4.69. The van der Waals surface area contributed by atoms with E-state index in [4.69, 9.17) is 20.8 Å². The van der Waals surface area contributed by atoms with Crippen molar-refractivity contribution in [2.24, 2.45) is 0 Å². The van der Waals surface area contributed by atoms with Crippen LogP contribution < -0.4 is 10.1 Å². The van der Waals surface area contributed by atoms with E-state index < -0.39 is 23.3 Å². The van der Waals surface area contributed by atoms with E-state index in [1.54, 1.807) is 49.6 Å². The number of nitrogens with zero attached hydrogens (tertiary/aromatic N) is 1. The van der Waals surface area contributed by atoms with Crippen LogP contribution in [0.25, 0.3) is 22.8 Å². The van der Waals surface area contributed by atoms with E-state index in [0.717, 1.165) is 17.7 Å². The highest BCUT2D eigenvalue weighted by molar-refractivity contribution is 6.30. The Morgan fingerprint density at radius 2 is 1.79 bits per heavy atom. The van der Waals surface area contributed by atoms with Gasteiger partial charge < -0.3 is 14.5 Å². The van der Waals surface area contributed by atoms with Crippen LogP contribution in [0.4, 0.5) is 18.9 Å². The Morgan fingerprint density at radius 1 is 1.06 bits per heavy atom. The average molecular weight is 473 g/mol. The maximum Gasteiger partial charge on any atom is 0.418 e. The molecule has 0 bridgehead atoms. The second-order valence-electron chi connectivity index (χ2n) is 6.95. The number of hydrogen-bond acceptors (Lipinski definition) is 4. The van der Waals surface area contributed by atoms with Crippen molar-refractivity contribution >= 4 is 23.2 Å². The first-order valence-corrected chi connectivity index (χ1v) is 10.0. The van der Waals surface area contributed by atoms with Crippen molar-refractivity contribution < 1.29 is 27.1 Å². The molecule has 9 heteroatoms. The number of methoxy groups -OCH3 is 1. The third kappa shape index (κ3) is 4.85. The van der Waals surface area contributed by atoms with Gasteiger partial charge >= 0.3 is 6.18 Å². The van der Waals surface area contributed by atoms with Gasteiger partial charge in [0.25, 0.3) is 5.91 Å². The molecular formula is C24H16ClF3N2O3. The van der Waals surface area contributed by atoms with Crippen LogP contribution in [-0.2, 0) is 6.18 Å². The Hall–Kier alpha value is -3.78. The molecule has 0 fully saturated rings. The number of oxazole rings is 1. The molecule has 4 aromatic rings. The maximum atomic E-state index is 13.4. The average Bonchev–Trinajstić information content (AvgIpc) is 3.30. The third-order valence-corrected chi connectivity index (χ3v) is 5.05. The lowest BCUT2D eigenvalue weighted by molar-refractivity contribution is -0.136. The van der Waals surface area contributed by atoms with Crippen molar-refractivity contribution in [3.05, 3.63) is 89.1 Å². The van der Waals surface area contributed by atoms with Gasteiger partial charge in [0.1, 0.15) is 5.75 Å². The lowest BCUT2D eigenvalue weighted by Gasteiger charge is -2.15. The predicted octanol–water partition coefficient (Wildman–Crippen LogP) is 6.94. The van der Waals surface area contributed by atoms with Crippen LogP contribution in [0.15, 0.2) is 77.3 Å². The smallest absolute Gasteiger partial charge is 0.418 e. The van der Waals surface area contributed by atoms with Crippen molar-refractivity contribution in [1.29, 1.82) is 0 Å². The highest BCUT2D eigenvalue weighted by Crippen LogP contribution is 2.37. The molecule has 0 spiro atoms. The number of carbonyl (C=O) groups is 1. The van der Waals surface area contributed by atoms with Gasteiger partial charge in [-0.1, -0.05) is 23.7 Å². The topological polar surface area (TPSA) is 64.4 Å². The molecule has 0 atom stereocenters. The molecule has 3 aromatic carbocycles. The van der Waals surface area contributed by atoms with Gasteiger partial charge in [0.15, 0.2) is 5.76 Å². The molecule has 168 valence electrons. The van der Waals surface area contributed by atoms with E-state index in [1.807, 2.05) is 0 Å². The fourth-order valence-electron chi connectivity index (χ4n) is 3.20. The van der Waals surface area contributed by atoms with Gasteiger partial charge in [-0.15, -0.1) is 0 Å². The Bertz CT molecular complexity index is 1300. The van der Waals surface area contributed by atoms with Crippen LogP contribution in [-0.4, -0.2) is 18.0 Å². The number of hydrogen-bond donors (Lipinski definition) is 1. The largest absolute Gasteiger partial charge is 0.497 e. The minimum absolute atomic E-state index is 0.0911. The summed E-state index contributed by atoms with van der Waals surface area (Å²) in [5, 5.41) is 2.23. The fraction of sp³-hybridized carbons (Fsp3) is 0.0833. The van der Waals surface area contributed by atoms with Gasteiger partial charge in [-0.2, -0.15) is 13.2 Å². The number of ether oxygens (including phenoxy) is 1.